The van der Waals surface area contributed by atoms with Crippen LogP contribution in [-0.4, -0.2) is 40.2 Å². The second-order valence-electron chi connectivity index (χ2n) is 3.53. The number of nitro benzene ring substituents is 1. The van der Waals surface area contributed by atoms with Gasteiger partial charge in [-0.2, -0.15) is 0 Å². The molecule has 8 nitrogen and oxygen atoms in total. The zero-order valence-corrected chi connectivity index (χ0v) is 10.2. The molecule has 0 fully saturated rings. The summed E-state index contributed by atoms with van der Waals surface area (Å²) >= 11 is 5.69. The van der Waals surface area contributed by atoms with E-state index in [1.54, 1.807) is 0 Å². The largest absolute Gasteiger partial charge is 0.480 e. The average molecular weight is 289 g/mol. The van der Waals surface area contributed by atoms with Crippen molar-refractivity contribution in [2.24, 2.45) is 0 Å². The van der Waals surface area contributed by atoms with Crippen molar-refractivity contribution in [3.63, 3.8) is 0 Å². The number of halogens is 1. The molecule has 102 valence electrons. The van der Waals surface area contributed by atoms with Crippen molar-refractivity contribution < 1.29 is 24.7 Å². The van der Waals surface area contributed by atoms with Gasteiger partial charge in [-0.15, -0.1) is 0 Å². The minimum absolute atomic E-state index is 0.140. The predicted molar refractivity (Wildman–Crippen MR) is 65.6 cm³/mol. The Hall–Kier alpha value is -2.35. The highest BCUT2D eigenvalue weighted by atomic mass is 35.5. The Kier molecular flexibility index (Phi) is 4.65. The van der Waals surface area contributed by atoms with Gasteiger partial charge < -0.3 is 15.1 Å². The fourth-order valence-corrected chi connectivity index (χ4v) is 1.62. The SMILES string of the molecule is O=C(O)CN(CC(=O)O)c1cc(Cl)ccc1[N+](=O)[O-]. The van der Waals surface area contributed by atoms with E-state index in [1.165, 1.54) is 6.07 Å². The standard InChI is InChI=1S/C10H9ClN2O6/c11-6-1-2-7(13(18)19)8(3-6)12(4-9(14)15)5-10(16)17/h1-3H,4-5H2,(H,14,15)(H,16,17). The summed E-state index contributed by atoms with van der Waals surface area (Å²) in [5.74, 6) is -2.62. The van der Waals surface area contributed by atoms with Gasteiger partial charge in [0.05, 0.1) is 4.92 Å². The van der Waals surface area contributed by atoms with E-state index in [9.17, 15) is 19.7 Å². The number of aliphatic carboxylic acids is 2. The minimum atomic E-state index is -1.31. The van der Waals surface area contributed by atoms with Crippen LogP contribution in [0.3, 0.4) is 0 Å². The van der Waals surface area contributed by atoms with Crippen molar-refractivity contribution >= 4 is 34.9 Å². The van der Waals surface area contributed by atoms with Crippen molar-refractivity contribution in [2.75, 3.05) is 18.0 Å². The first-order valence-corrected chi connectivity index (χ1v) is 5.31. The monoisotopic (exact) mass is 288 g/mol. The van der Waals surface area contributed by atoms with Crippen LogP contribution in [-0.2, 0) is 9.59 Å². The van der Waals surface area contributed by atoms with Crippen molar-refractivity contribution in [1.82, 2.24) is 0 Å². The maximum absolute atomic E-state index is 10.9. The third-order valence-corrected chi connectivity index (χ3v) is 2.36. The van der Waals surface area contributed by atoms with Crippen molar-refractivity contribution in [3.8, 4) is 0 Å². The third kappa shape index (κ3) is 4.11. The molecule has 0 bridgehead atoms. The molecule has 0 saturated heterocycles. The summed E-state index contributed by atoms with van der Waals surface area (Å²) < 4.78 is 0. The van der Waals surface area contributed by atoms with Crippen LogP contribution in [0.2, 0.25) is 5.02 Å². The van der Waals surface area contributed by atoms with E-state index >= 15 is 0 Å². The second kappa shape index (κ2) is 6.01. The molecule has 0 heterocycles. The fourth-order valence-electron chi connectivity index (χ4n) is 1.46. The molecule has 0 spiro atoms. The molecule has 0 atom stereocenters. The second-order valence-corrected chi connectivity index (χ2v) is 3.97. The number of carboxylic acid groups (broad SMARTS) is 2. The molecule has 0 unspecified atom stereocenters. The van der Waals surface area contributed by atoms with E-state index in [2.05, 4.69) is 0 Å². The first-order chi connectivity index (χ1) is 8.81. The zero-order valence-electron chi connectivity index (χ0n) is 9.45. The molecule has 0 radical (unpaired) electrons. The number of nitro groups is 1. The summed E-state index contributed by atoms with van der Waals surface area (Å²) in [4.78, 5) is 32.4. The number of hydrogen-bond donors (Lipinski definition) is 2. The van der Waals surface area contributed by atoms with Crippen molar-refractivity contribution in [3.05, 3.63) is 33.3 Å². The topological polar surface area (TPSA) is 121 Å². The molecular formula is C10H9ClN2O6. The number of hydrogen-bond acceptors (Lipinski definition) is 5. The number of carboxylic acids is 2. The molecule has 19 heavy (non-hydrogen) atoms. The van der Waals surface area contributed by atoms with Crippen LogP contribution in [0, 0.1) is 10.1 Å². The molecule has 0 aromatic heterocycles. The zero-order chi connectivity index (χ0) is 14.6. The van der Waals surface area contributed by atoms with Gasteiger partial charge in [0.15, 0.2) is 0 Å². The van der Waals surface area contributed by atoms with E-state index in [0.29, 0.717) is 0 Å². The maximum Gasteiger partial charge on any atom is 0.323 e. The minimum Gasteiger partial charge on any atom is -0.480 e. The molecule has 0 aliphatic carbocycles. The highest BCUT2D eigenvalue weighted by molar-refractivity contribution is 6.31. The smallest absolute Gasteiger partial charge is 0.323 e. The average Bonchev–Trinajstić information content (AvgIpc) is 2.26. The molecule has 0 aliphatic rings. The van der Waals surface area contributed by atoms with E-state index in [1.807, 2.05) is 0 Å². The lowest BCUT2D eigenvalue weighted by molar-refractivity contribution is -0.384. The lowest BCUT2D eigenvalue weighted by Gasteiger charge is -2.20. The van der Waals surface area contributed by atoms with Crippen LogP contribution in [0.4, 0.5) is 11.4 Å². The van der Waals surface area contributed by atoms with Crippen LogP contribution in [0.25, 0.3) is 0 Å². The molecule has 0 aliphatic heterocycles. The summed E-state index contributed by atoms with van der Waals surface area (Å²) in [6.07, 6.45) is 0. The van der Waals surface area contributed by atoms with Crippen LogP contribution in [0.1, 0.15) is 0 Å². The third-order valence-electron chi connectivity index (χ3n) is 2.13. The van der Waals surface area contributed by atoms with Gasteiger partial charge in [0.1, 0.15) is 18.8 Å². The summed E-state index contributed by atoms with van der Waals surface area (Å²) in [5, 5.41) is 28.4. The molecule has 0 amide bonds. The Morgan fingerprint density at radius 3 is 2.21 bits per heavy atom. The summed E-state index contributed by atoms with van der Waals surface area (Å²) in [7, 11) is 0. The van der Waals surface area contributed by atoms with E-state index in [-0.39, 0.29) is 10.7 Å². The molecule has 1 aromatic carbocycles. The quantitative estimate of drug-likeness (QED) is 0.596. The van der Waals surface area contributed by atoms with Crippen LogP contribution in [0.15, 0.2) is 18.2 Å². The first-order valence-electron chi connectivity index (χ1n) is 4.93. The highest BCUT2D eigenvalue weighted by Gasteiger charge is 2.23. The van der Waals surface area contributed by atoms with Crippen LogP contribution >= 0.6 is 11.6 Å². The Balaban J connectivity index is 3.26. The van der Waals surface area contributed by atoms with Gasteiger partial charge >= 0.3 is 11.9 Å². The number of rotatable bonds is 6. The normalized spacial score (nSPS) is 9.95. The highest BCUT2D eigenvalue weighted by Crippen LogP contribution is 2.30. The van der Waals surface area contributed by atoms with Crippen LogP contribution < -0.4 is 4.90 Å². The van der Waals surface area contributed by atoms with Gasteiger partial charge in [0, 0.05) is 11.1 Å². The Morgan fingerprint density at radius 1 is 1.26 bits per heavy atom. The number of anilines is 1. The summed E-state index contributed by atoms with van der Waals surface area (Å²) in [6, 6.07) is 3.52. The number of nitrogens with zero attached hydrogens (tertiary/aromatic N) is 2. The van der Waals surface area contributed by atoms with Gasteiger partial charge in [-0.1, -0.05) is 11.6 Å². The lowest BCUT2D eigenvalue weighted by Crippen LogP contribution is -2.34. The fraction of sp³-hybridized carbons (Fsp3) is 0.200. The number of carbonyl (C=O) groups is 2. The Bertz CT molecular complexity index is 517. The van der Waals surface area contributed by atoms with Gasteiger partial charge in [0.2, 0.25) is 0 Å². The van der Waals surface area contributed by atoms with E-state index in [0.717, 1.165) is 17.0 Å². The molecule has 2 N–H and O–H groups in total. The van der Waals surface area contributed by atoms with E-state index in [4.69, 9.17) is 21.8 Å². The Morgan fingerprint density at radius 2 is 1.79 bits per heavy atom. The van der Waals surface area contributed by atoms with Crippen molar-refractivity contribution in [2.45, 2.75) is 0 Å². The van der Waals surface area contributed by atoms with Crippen LogP contribution in [0.5, 0.6) is 0 Å². The van der Waals surface area contributed by atoms with Gasteiger partial charge in [0.25, 0.3) is 5.69 Å². The molecule has 0 saturated carbocycles. The summed E-state index contributed by atoms with van der Waals surface area (Å²) in [6.45, 7) is -1.37. The molecule has 9 heteroatoms. The van der Waals surface area contributed by atoms with Crippen molar-refractivity contribution in [1.29, 1.82) is 0 Å². The predicted octanol–water partition coefficient (Wildman–Crippen LogP) is 1.22. The molecule has 1 rings (SSSR count). The Labute approximate surface area is 112 Å². The maximum atomic E-state index is 10.9. The van der Waals surface area contributed by atoms with Gasteiger partial charge in [-0.25, -0.2) is 0 Å². The molecule has 1 aromatic rings. The lowest BCUT2D eigenvalue weighted by atomic mass is 10.2. The van der Waals surface area contributed by atoms with E-state index < -0.39 is 35.6 Å². The van der Waals surface area contributed by atoms with Gasteiger partial charge in [-0.3, -0.25) is 19.7 Å². The summed E-state index contributed by atoms with van der Waals surface area (Å²) in [5.41, 5.74) is -0.561. The van der Waals surface area contributed by atoms with Gasteiger partial charge in [-0.05, 0) is 12.1 Å². The number of benzene rings is 1. The first kappa shape index (κ1) is 14.7. The molecular weight excluding hydrogens is 280 g/mol.